The third kappa shape index (κ3) is 10.0. The molecule has 0 aliphatic carbocycles. The molecule has 4 heteroatoms. The lowest BCUT2D eigenvalue weighted by molar-refractivity contribution is -0.697. The van der Waals surface area contributed by atoms with Crippen LogP contribution in [0.25, 0.3) is 0 Å². The molecule has 0 aliphatic heterocycles. The van der Waals surface area contributed by atoms with E-state index in [0.29, 0.717) is 6.42 Å². The number of aliphatic hydroxyl groups excluding tert-OH is 1. The first-order chi connectivity index (χ1) is 14.7. The fourth-order valence-electron chi connectivity index (χ4n) is 3.74. The number of rotatable bonds is 15. The Balaban J connectivity index is 1.40. The van der Waals surface area contributed by atoms with Gasteiger partial charge < -0.3 is 10.4 Å². The first kappa shape index (κ1) is 24.1. The minimum absolute atomic E-state index is 0.0359. The number of nitrogens with zero attached hydrogens (tertiary/aromatic N) is 1. The summed E-state index contributed by atoms with van der Waals surface area (Å²) in [7, 11) is 0. The van der Waals surface area contributed by atoms with E-state index in [0.717, 1.165) is 24.9 Å². The minimum atomic E-state index is -0.665. The maximum absolute atomic E-state index is 12.1. The number of pyridine rings is 1. The van der Waals surface area contributed by atoms with Gasteiger partial charge in [-0.3, -0.25) is 4.79 Å². The zero-order chi connectivity index (χ0) is 21.4. The topological polar surface area (TPSA) is 53.2 Å². The van der Waals surface area contributed by atoms with Crippen molar-refractivity contribution in [2.75, 3.05) is 0 Å². The van der Waals surface area contributed by atoms with Gasteiger partial charge in [-0.1, -0.05) is 74.9 Å². The number of carbonyl (C=O) groups excluding carboxylic acids is 1. The number of aromatic nitrogens is 1. The van der Waals surface area contributed by atoms with Gasteiger partial charge in [-0.15, -0.1) is 0 Å². The average Bonchev–Trinajstić information content (AvgIpc) is 2.78. The lowest BCUT2D eigenvalue weighted by atomic mass is 10.0. The van der Waals surface area contributed by atoms with Crippen LogP contribution in [0.3, 0.4) is 0 Å². The molecule has 0 radical (unpaired) electrons. The first-order valence-corrected chi connectivity index (χ1v) is 11.6. The van der Waals surface area contributed by atoms with Crippen LogP contribution >= 0.6 is 0 Å². The summed E-state index contributed by atoms with van der Waals surface area (Å²) in [6.07, 6.45) is 15.1. The molecule has 164 valence electrons. The van der Waals surface area contributed by atoms with E-state index in [1.165, 1.54) is 44.9 Å². The van der Waals surface area contributed by atoms with Gasteiger partial charge in [-0.2, -0.15) is 0 Å². The van der Waals surface area contributed by atoms with Crippen LogP contribution in [-0.4, -0.2) is 17.1 Å². The van der Waals surface area contributed by atoms with Crippen molar-refractivity contribution in [1.29, 1.82) is 0 Å². The fourth-order valence-corrected chi connectivity index (χ4v) is 3.74. The van der Waals surface area contributed by atoms with E-state index in [-0.39, 0.29) is 11.9 Å². The van der Waals surface area contributed by atoms with Gasteiger partial charge in [0.15, 0.2) is 12.4 Å². The van der Waals surface area contributed by atoms with Crippen LogP contribution in [0.15, 0.2) is 60.9 Å². The molecule has 30 heavy (non-hydrogen) atoms. The van der Waals surface area contributed by atoms with Crippen LogP contribution in [0.5, 0.6) is 0 Å². The molecule has 1 aromatic carbocycles. The van der Waals surface area contributed by atoms with E-state index >= 15 is 0 Å². The number of hydrogen-bond acceptors (Lipinski definition) is 2. The van der Waals surface area contributed by atoms with E-state index < -0.39 is 6.10 Å². The molecule has 1 heterocycles. The molecule has 2 aromatic rings. The normalized spacial score (nSPS) is 13.0. The summed E-state index contributed by atoms with van der Waals surface area (Å²) >= 11 is 0. The van der Waals surface area contributed by atoms with Crippen LogP contribution in [-0.2, 0) is 11.3 Å². The summed E-state index contributed by atoms with van der Waals surface area (Å²) in [4.78, 5) is 12.1. The Labute approximate surface area is 182 Å². The molecule has 0 aliphatic rings. The summed E-state index contributed by atoms with van der Waals surface area (Å²) in [5.41, 5.74) is 0.837. The van der Waals surface area contributed by atoms with Gasteiger partial charge in [0.05, 0.1) is 12.1 Å². The Kier molecular flexibility index (Phi) is 11.8. The van der Waals surface area contributed by atoms with Gasteiger partial charge in [-0.25, -0.2) is 4.57 Å². The molecule has 0 spiro atoms. The molecule has 0 bridgehead atoms. The molecule has 1 amide bonds. The van der Waals surface area contributed by atoms with E-state index in [4.69, 9.17) is 0 Å². The maximum atomic E-state index is 12.1. The number of benzene rings is 1. The van der Waals surface area contributed by atoms with Crippen LogP contribution < -0.4 is 9.88 Å². The van der Waals surface area contributed by atoms with Crippen molar-refractivity contribution >= 4 is 5.91 Å². The van der Waals surface area contributed by atoms with Crippen molar-refractivity contribution in [3.63, 3.8) is 0 Å². The van der Waals surface area contributed by atoms with Crippen molar-refractivity contribution in [3.8, 4) is 0 Å². The number of aliphatic hydroxyl groups is 1. The van der Waals surface area contributed by atoms with Gasteiger partial charge >= 0.3 is 0 Å². The Morgan fingerprint density at radius 3 is 2.00 bits per heavy atom. The number of aryl methyl sites for hydroxylation is 1. The predicted molar refractivity (Wildman–Crippen MR) is 122 cm³/mol. The molecule has 2 N–H and O–H groups in total. The Bertz CT molecular complexity index is 691. The standard InChI is InChI=1S/C26H38N2O2/c1-23(26(30)24-17-11-9-12-18-24)27-25(29)19-13-7-5-3-2-4-6-8-14-20-28-21-15-10-16-22-28/h9-12,15-18,21-23,26,30H,2-8,13-14,19-20H2,1H3/p+1/t23-,26+/m1/s1. The summed E-state index contributed by atoms with van der Waals surface area (Å²) in [6.45, 7) is 2.97. The van der Waals surface area contributed by atoms with Crippen molar-refractivity contribution in [1.82, 2.24) is 5.32 Å². The van der Waals surface area contributed by atoms with Gasteiger partial charge in [0.1, 0.15) is 6.54 Å². The molecular weight excluding hydrogens is 372 g/mol. The first-order valence-electron chi connectivity index (χ1n) is 11.6. The SMILES string of the molecule is C[C@@H](NC(=O)CCCCCCCCCCC[n+]1ccccc1)[C@H](O)c1ccccc1. The van der Waals surface area contributed by atoms with E-state index in [1.807, 2.05) is 37.3 Å². The lowest BCUT2D eigenvalue weighted by Gasteiger charge is -2.20. The number of hydrogen-bond donors (Lipinski definition) is 2. The van der Waals surface area contributed by atoms with Crippen molar-refractivity contribution in [2.24, 2.45) is 0 Å². The molecule has 2 atom stereocenters. The van der Waals surface area contributed by atoms with E-state index in [2.05, 4.69) is 40.5 Å². The molecule has 0 fully saturated rings. The second-order valence-electron chi connectivity index (χ2n) is 8.26. The van der Waals surface area contributed by atoms with Crippen molar-refractivity contribution in [3.05, 3.63) is 66.5 Å². The molecule has 0 saturated carbocycles. The number of carbonyl (C=O) groups is 1. The molecule has 1 aromatic heterocycles. The van der Waals surface area contributed by atoms with Crippen molar-refractivity contribution in [2.45, 2.75) is 89.8 Å². The quantitative estimate of drug-likeness (QED) is 0.316. The number of amides is 1. The summed E-state index contributed by atoms with van der Waals surface area (Å²) in [5, 5.41) is 13.3. The van der Waals surface area contributed by atoms with Crippen LogP contribution in [0.4, 0.5) is 0 Å². The van der Waals surface area contributed by atoms with Crippen LogP contribution in [0.1, 0.15) is 82.8 Å². The minimum Gasteiger partial charge on any atom is -0.386 e. The molecule has 2 rings (SSSR count). The highest BCUT2D eigenvalue weighted by Gasteiger charge is 2.17. The molecule has 0 unspecified atom stereocenters. The second-order valence-corrected chi connectivity index (χ2v) is 8.26. The molecule has 0 saturated heterocycles. The highest BCUT2D eigenvalue weighted by atomic mass is 16.3. The van der Waals surface area contributed by atoms with Gasteiger partial charge in [0, 0.05) is 25.0 Å². The zero-order valence-electron chi connectivity index (χ0n) is 18.5. The molecular formula is C26H39N2O2+. The predicted octanol–water partition coefficient (Wildman–Crippen LogP) is 5.11. The van der Waals surface area contributed by atoms with Crippen LogP contribution in [0, 0.1) is 0 Å². The highest BCUT2D eigenvalue weighted by Crippen LogP contribution is 2.16. The molecule has 4 nitrogen and oxygen atoms in total. The summed E-state index contributed by atoms with van der Waals surface area (Å²) in [5.74, 6) is 0.0359. The Morgan fingerprint density at radius 2 is 1.37 bits per heavy atom. The maximum Gasteiger partial charge on any atom is 0.220 e. The summed E-state index contributed by atoms with van der Waals surface area (Å²) < 4.78 is 2.25. The van der Waals surface area contributed by atoms with Gasteiger partial charge in [-0.05, 0) is 25.3 Å². The Hall–Kier alpha value is -2.20. The van der Waals surface area contributed by atoms with Crippen molar-refractivity contribution < 1.29 is 14.5 Å². The van der Waals surface area contributed by atoms with Gasteiger partial charge in [0.2, 0.25) is 5.91 Å². The van der Waals surface area contributed by atoms with E-state index in [1.54, 1.807) is 0 Å². The summed E-state index contributed by atoms with van der Waals surface area (Å²) in [6, 6.07) is 15.4. The largest absolute Gasteiger partial charge is 0.386 e. The second kappa shape index (κ2) is 14.7. The van der Waals surface area contributed by atoms with Gasteiger partial charge in [0.25, 0.3) is 0 Å². The number of unbranched alkanes of at least 4 members (excludes halogenated alkanes) is 8. The smallest absolute Gasteiger partial charge is 0.220 e. The third-order valence-corrected chi connectivity index (χ3v) is 5.60. The highest BCUT2D eigenvalue weighted by molar-refractivity contribution is 5.76. The fraction of sp³-hybridized carbons (Fsp3) is 0.538. The lowest BCUT2D eigenvalue weighted by Crippen LogP contribution is -2.36. The third-order valence-electron chi connectivity index (χ3n) is 5.60. The van der Waals surface area contributed by atoms with E-state index in [9.17, 15) is 9.90 Å². The Morgan fingerprint density at radius 1 is 0.833 bits per heavy atom. The zero-order valence-corrected chi connectivity index (χ0v) is 18.5. The van der Waals surface area contributed by atoms with Crippen LogP contribution in [0.2, 0.25) is 0 Å². The monoisotopic (exact) mass is 411 g/mol. The number of nitrogens with one attached hydrogen (secondary N) is 1. The average molecular weight is 412 g/mol.